The fraction of sp³-hybridized carbons (Fsp3) is 0.353. The first kappa shape index (κ1) is 15.5. The number of nitrogens with one attached hydrogen (secondary N) is 1. The molecule has 4 nitrogen and oxygen atoms in total. The van der Waals surface area contributed by atoms with Gasteiger partial charge >= 0.3 is 0 Å². The summed E-state index contributed by atoms with van der Waals surface area (Å²) in [6.45, 7) is 4.42. The lowest BCUT2D eigenvalue weighted by Crippen LogP contribution is -2.21. The molecule has 21 heavy (non-hydrogen) atoms. The van der Waals surface area contributed by atoms with Crippen molar-refractivity contribution in [2.45, 2.75) is 13.5 Å². The van der Waals surface area contributed by atoms with Crippen molar-refractivity contribution in [3.05, 3.63) is 53.7 Å². The molecule has 1 aromatic carbocycles. The van der Waals surface area contributed by atoms with Crippen LogP contribution in [0, 0.1) is 6.92 Å². The van der Waals surface area contributed by atoms with Crippen molar-refractivity contribution >= 4 is 11.5 Å². The third kappa shape index (κ3) is 4.28. The zero-order valence-corrected chi connectivity index (χ0v) is 13.0. The number of aryl methyl sites for hydroxylation is 1. The maximum atomic E-state index is 5.05. The van der Waals surface area contributed by atoms with Crippen LogP contribution in [0.25, 0.3) is 0 Å². The van der Waals surface area contributed by atoms with Gasteiger partial charge in [0.25, 0.3) is 0 Å². The fourth-order valence-corrected chi connectivity index (χ4v) is 2.16. The van der Waals surface area contributed by atoms with Crippen molar-refractivity contribution < 1.29 is 4.74 Å². The highest BCUT2D eigenvalue weighted by Crippen LogP contribution is 2.24. The van der Waals surface area contributed by atoms with E-state index in [1.54, 1.807) is 7.11 Å². The first-order chi connectivity index (χ1) is 10.2. The summed E-state index contributed by atoms with van der Waals surface area (Å²) < 4.78 is 5.05. The monoisotopic (exact) mass is 285 g/mol. The molecule has 0 radical (unpaired) electrons. The van der Waals surface area contributed by atoms with E-state index in [0.717, 1.165) is 24.6 Å². The summed E-state index contributed by atoms with van der Waals surface area (Å²) in [4.78, 5) is 6.65. The largest absolute Gasteiger partial charge is 0.383 e. The van der Waals surface area contributed by atoms with Crippen LogP contribution in [-0.2, 0) is 11.3 Å². The van der Waals surface area contributed by atoms with Gasteiger partial charge < -0.3 is 15.0 Å². The standard InChI is InChI=1S/C17H23N3O/c1-14-6-8-16(9-7-14)20(2)17-15(5-4-10-19-17)13-18-11-12-21-3/h4-10,18H,11-13H2,1-3H3. The molecule has 4 heteroatoms. The van der Waals surface area contributed by atoms with Crippen LogP contribution in [0.15, 0.2) is 42.6 Å². The van der Waals surface area contributed by atoms with Crippen molar-refractivity contribution in [1.82, 2.24) is 10.3 Å². The van der Waals surface area contributed by atoms with Gasteiger partial charge in [0.05, 0.1) is 6.61 Å². The fourth-order valence-electron chi connectivity index (χ4n) is 2.16. The minimum absolute atomic E-state index is 0.712. The Bertz CT molecular complexity index is 554. The van der Waals surface area contributed by atoms with E-state index in [1.807, 2.05) is 19.3 Å². The van der Waals surface area contributed by atoms with E-state index in [-0.39, 0.29) is 0 Å². The highest BCUT2D eigenvalue weighted by molar-refractivity contribution is 5.62. The normalized spacial score (nSPS) is 10.6. The molecule has 0 saturated heterocycles. The van der Waals surface area contributed by atoms with E-state index in [2.05, 4.69) is 52.5 Å². The minimum Gasteiger partial charge on any atom is -0.383 e. The van der Waals surface area contributed by atoms with Crippen LogP contribution in [0.3, 0.4) is 0 Å². The van der Waals surface area contributed by atoms with Gasteiger partial charge in [-0.1, -0.05) is 23.8 Å². The summed E-state index contributed by atoms with van der Waals surface area (Å²) in [6, 6.07) is 12.5. The Hall–Kier alpha value is -1.91. The second-order valence-electron chi connectivity index (χ2n) is 5.05. The van der Waals surface area contributed by atoms with Crippen LogP contribution in [0.5, 0.6) is 0 Å². The molecule has 0 spiro atoms. The summed E-state index contributed by atoms with van der Waals surface area (Å²) in [5.41, 5.74) is 3.57. The number of anilines is 2. The highest BCUT2D eigenvalue weighted by Gasteiger charge is 2.10. The molecule has 1 aromatic heterocycles. The van der Waals surface area contributed by atoms with Crippen LogP contribution < -0.4 is 10.2 Å². The average Bonchev–Trinajstić information content (AvgIpc) is 2.52. The zero-order chi connectivity index (χ0) is 15.1. The van der Waals surface area contributed by atoms with Gasteiger partial charge in [0.2, 0.25) is 0 Å². The molecule has 2 rings (SSSR count). The molecule has 0 unspecified atom stereocenters. The molecule has 0 amide bonds. The first-order valence-electron chi connectivity index (χ1n) is 7.16. The van der Waals surface area contributed by atoms with Crippen molar-refractivity contribution in [2.75, 3.05) is 32.2 Å². The summed E-state index contributed by atoms with van der Waals surface area (Å²) in [5.74, 6) is 0.978. The molecule has 1 N–H and O–H groups in total. The first-order valence-corrected chi connectivity index (χ1v) is 7.16. The SMILES string of the molecule is COCCNCc1cccnc1N(C)c1ccc(C)cc1. The molecule has 112 valence electrons. The van der Waals surface area contributed by atoms with E-state index in [1.165, 1.54) is 11.1 Å². The van der Waals surface area contributed by atoms with Gasteiger partial charge in [-0.05, 0) is 25.1 Å². The Kier molecular flexibility index (Phi) is 5.72. The number of benzene rings is 1. The lowest BCUT2D eigenvalue weighted by molar-refractivity contribution is 0.199. The van der Waals surface area contributed by atoms with Crippen molar-refractivity contribution in [3.63, 3.8) is 0 Å². The number of hydrogen-bond donors (Lipinski definition) is 1. The number of hydrogen-bond acceptors (Lipinski definition) is 4. The molecule has 0 aliphatic heterocycles. The second-order valence-corrected chi connectivity index (χ2v) is 5.05. The quantitative estimate of drug-likeness (QED) is 0.794. The van der Waals surface area contributed by atoms with Gasteiger partial charge in [-0.3, -0.25) is 0 Å². The van der Waals surface area contributed by atoms with Crippen molar-refractivity contribution in [1.29, 1.82) is 0 Å². The van der Waals surface area contributed by atoms with Gasteiger partial charge in [-0.25, -0.2) is 4.98 Å². The maximum Gasteiger partial charge on any atom is 0.137 e. The number of pyridine rings is 1. The van der Waals surface area contributed by atoms with Crippen LogP contribution in [0.4, 0.5) is 11.5 Å². The molecule has 0 aliphatic rings. The zero-order valence-electron chi connectivity index (χ0n) is 13.0. The Balaban J connectivity index is 2.12. The molecule has 0 saturated carbocycles. The number of nitrogens with zero attached hydrogens (tertiary/aromatic N) is 2. The lowest BCUT2D eigenvalue weighted by Gasteiger charge is -2.21. The van der Waals surface area contributed by atoms with Crippen molar-refractivity contribution in [2.24, 2.45) is 0 Å². The molecule has 1 heterocycles. The predicted octanol–water partition coefficient (Wildman–Crippen LogP) is 2.89. The summed E-state index contributed by atoms with van der Waals surface area (Å²) in [7, 11) is 3.76. The molecule has 0 fully saturated rings. The predicted molar refractivity (Wildman–Crippen MR) is 87.1 cm³/mol. The Morgan fingerprint density at radius 3 is 2.67 bits per heavy atom. The van der Waals surface area contributed by atoms with Gasteiger partial charge in [-0.2, -0.15) is 0 Å². The smallest absolute Gasteiger partial charge is 0.137 e. The van der Waals surface area contributed by atoms with Crippen LogP contribution in [0.1, 0.15) is 11.1 Å². The van der Waals surface area contributed by atoms with Gasteiger partial charge in [0.1, 0.15) is 5.82 Å². The third-order valence-electron chi connectivity index (χ3n) is 3.40. The van der Waals surface area contributed by atoms with Crippen LogP contribution in [0.2, 0.25) is 0 Å². The highest BCUT2D eigenvalue weighted by atomic mass is 16.5. The molecular weight excluding hydrogens is 262 g/mol. The maximum absolute atomic E-state index is 5.05. The van der Waals surface area contributed by atoms with Gasteiger partial charge in [0, 0.05) is 44.7 Å². The Labute approximate surface area is 126 Å². The van der Waals surface area contributed by atoms with Crippen LogP contribution >= 0.6 is 0 Å². The van der Waals surface area contributed by atoms with E-state index in [0.29, 0.717) is 6.61 Å². The summed E-state index contributed by atoms with van der Waals surface area (Å²) in [5, 5.41) is 3.37. The molecule has 0 bridgehead atoms. The van der Waals surface area contributed by atoms with E-state index in [9.17, 15) is 0 Å². The van der Waals surface area contributed by atoms with Gasteiger partial charge in [0.15, 0.2) is 0 Å². The molecule has 2 aromatic rings. The number of ether oxygens (including phenoxy) is 1. The average molecular weight is 285 g/mol. The Morgan fingerprint density at radius 1 is 1.19 bits per heavy atom. The minimum atomic E-state index is 0.712. The van der Waals surface area contributed by atoms with Crippen LogP contribution in [-0.4, -0.2) is 32.3 Å². The number of methoxy groups -OCH3 is 1. The second kappa shape index (κ2) is 7.76. The number of rotatable bonds is 7. The van der Waals surface area contributed by atoms with E-state index >= 15 is 0 Å². The topological polar surface area (TPSA) is 37.4 Å². The lowest BCUT2D eigenvalue weighted by atomic mass is 10.2. The van der Waals surface area contributed by atoms with E-state index in [4.69, 9.17) is 4.74 Å². The molecule has 0 aliphatic carbocycles. The summed E-state index contributed by atoms with van der Waals surface area (Å²) in [6.07, 6.45) is 1.83. The number of aromatic nitrogens is 1. The molecular formula is C17H23N3O. The van der Waals surface area contributed by atoms with Crippen molar-refractivity contribution in [3.8, 4) is 0 Å². The van der Waals surface area contributed by atoms with E-state index < -0.39 is 0 Å². The van der Waals surface area contributed by atoms with Gasteiger partial charge in [-0.15, -0.1) is 0 Å². The molecule has 0 atom stereocenters. The summed E-state index contributed by atoms with van der Waals surface area (Å²) >= 11 is 0. The third-order valence-corrected chi connectivity index (χ3v) is 3.40. The Morgan fingerprint density at radius 2 is 1.95 bits per heavy atom.